The van der Waals surface area contributed by atoms with Gasteiger partial charge >= 0.3 is 0 Å². The van der Waals surface area contributed by atoms with Crippen LogP contribution < -0.4 is 5.32 Å². The Kier molecular flexibility index (Phi) is 4.65. The van der Waals surface area contributed by atoms with Crippen LogP contribution in [0.2, 0.25) is 0 Å². The highest BCUT2D eigenvalue weighted by Crippen LogP contribution is 2.48. The molecule has 128 valence electrons. The van der Waals surface area contributed by atoms with Crippen LogP contribution in [-0.4, -0.2) is 36.1 Å². The van der Waals surface area contributed by atoms with Gasteiger partial charge in [0.1, 0.15) is 0 Å². The van der Waals surface area contributed by atoms with Gasteiger partial charge in [0.15, 0.2) is 5.96 Å². The normalized spacial score (nSPS) is 16.1. The van der Waals surface area contributed by atoms with E-state index >= 15 is 0 Å². The molecule has 1 aromatic carbocycles. The lowest BCUT2D eigenvalue weighted by molar-refractivity contribution is 0.456. The van der Waals surface area contributed by atoms with Gasteiger partial charge in [-0.2, -0.15) is 0 Å². The van der Waals surface area contributed by atoms with E-state index in [2.05, 4.69) is 83.4 Å². The fraction of sp³-hybridized carbons (Fsp3) is 0.450. The molecule has 1 heterocycles. The van der Waals surface area contributed by atoms with E-state index in [1.165, 1.54) is 29.7 Å². The van der Waals surface area contributed by atoms with Crippen LogP contribution in [0.4, 0.5) is 0 Å². The van der Waals surface area contributed by atoms with Gasteiger partial charge in [0.05, 0.1) is 6.54 Å². The van der Waals surface area contributed by atoms with E-state index in [0.29, 0.717) is 0 Å². The molecule has 0 atom stereocenters. The second-order valence-corrected chi connectivity index (χ2v) is 6.96. The van der Waals surface area contributed by atoms with Crippen LogP contribution in [0.25, 0.3) is 0 Å². The van der Waals surface area contributed by atoms with E-state index in [1.54, 1.807) is 0 Å². The molecule has 1 aliphatic rings. The molecule has 0 amide bonds. The largest absolute Gasteiger partial charge is 0.355 e. The van der Waals surface area contributed by atoms with Crippen LogP contribution >= 0.6 is 0 Å². The van der Waals surface area contributed by atoms with Crippen molar-refractivity contribution in [1.82, 2.24) is 14.8 Å². The van der Waals surface area contributed by atoms with Crippen LogP contribution in [0.1, 0.15) is 29.7 Å². The first-order valence-electron chi connectivity index (χ1n) is 8.64. The summed E-state index contributed by atoms with van der Waals surface area (Å²) in [4.78, 5) is 6.65. The zero-order valence-electron chi connectivity index (χ0n) is 15.2. The number of hydrogen-bond donors (Lipinski definition) is 1. The molecular formula is C20H28N4. The fourth-order valence-electron chi connectivity index (χ4n) is 3.47. The van der Waals surface area contributed by atoms with Crippen LogP contribution in [-0.2, 0) is 19.0 Å². The molecule has 4 heteroatoms. The van der Waals surface area contributed by atoms with E-state index in [-0.39, 0.29) is 5.41 Å². The minimum atomic E-state index is 0.285. The minimum Gasteiger partial charge on any atom is -0.355 e. The van der Waals surface area contributed by atoms with Crippen molar-refractivity contribution in [3.8, 4) is 0 Å². The quantitative estimate of drug-likeness (QED) is 0.677. The number of hydrogen-bond acceptors (Lipinski definition) is 1. The Labute approximate surface area is 145 Å². The molecule has 1 fully saturated rings. The van der Waals surface area contributed by atoms with Crippen molar-refractivity contribution in [3.05, 3.63) is 59.4 Å². The third-order valence-corrected chi connectivity index (χ3v) is 5.18. The second-order valence-electron chi connectivity index (χ2n) is 6.96. The van der Waals surface area contributed by atoms with Gasteiger partial charge in [-0.25, -0.2) is 0 Å². The molecule has 1 N–H and O–H groups in total. The van der Waals surface area contributed by atoms with Crippen LogP contribution in [0.3, 0.4) is 0 Å². The van der Waals surface area contributed by atoms with Crippen LogP contribution in [0.5, 0.6) is 0 Å². The first-order chi connectivity index (χ1) is 11.6. The van der Waals surface area contributed by atoms with Crippen LogP contribution in [0, 0.1) is 6.92 Å². The molecule has 0 spiro atoms. The third-order valence-electron chi connectivity index (χ3n) is 5.18. The summed E-state index contributed by atoms with van der Waals surface area (Å²) in [5.41, 5.74) is 4.44. The highest BCUT2D eigenvalue weighted by atomic mass is 15.3. The Balaban J connectivity index is 1.64. The zero-order chi connectivity index (χ0) is 17.2. The van der Waals surface area contributed by atoms with E-state index < -0.39 is 0 Å². The molecule has 1 aliphatic carbocycles. The number of aromatic nitrogens is 1. The van der Waals surface area contributed by atoms with Crippen molar-refractivity contribution in [2.45, 2.75) is 31.7 Å². The van der Waals surface area contributed by atoms with Crippen molar-refractivity contribution in [2.75, 3.05) is 20.6 Å². The molecular weight excluding hydrogens is 296 g/mol. The maximum absolute atomic E-state index is 4.47. The lowest BCUT2D eigenvalue weighted by atomic mass is 9.92. The summed E-state index contributed by atoms with van der Waals surface area (Å²) >= 11 is 0. The van der Waals surface area contributed by atoms with Gasteiger partial charge in [0.2, 0.25) is 0 Å². The third kappa shape index (κ3) is 3.32. The standard InChI is InChI=1S/C20H28N4/c1-16-8-5-6-10-18(16)20(11-12-20)15-22-19(21-2)24(4)14-17-9-7-13-23(17)3/h5-10,13H,11-12,14-15H2,1-4H3,(H,21,22). The maximum Gasteiger partial charge on any atom is 0.193 e. The number of aliphatic imine (C=N–C) groups is 1. The lowest BCUT2D eigenvalue weighted by Crippen LogP contribution is -2.42. The molecule has 0 aliphatic heterocycles. The van der Waals surface area contributed by atoms with E-state index in [0.717, 1.165) is 19.0 Å². The summed E-state index contributed by atoms with van der Waals surface area (Å²) in [5, 5.41) is 3.60. The topological polar surface area (TPSA) is 32.6 Å². The summed E-state index contributed by atoms with van der Waals surface area (Å²) in [6.45, 7) is 4.01. The van der Waals surface area contributed by atoms with Crippen LogP contribution in [0.15, 0.2) is 47.6 Å². The molecule has 1 saturated carbocycles. The minimum absolute atomic E-state index is 0.285. The fourth-order valence-corrected chi connectivity index (χ4v) is 3.47. The van der Waals surface area contributed by atoms with Crippen molar-refractivity contribution in [3.63, 3.8) is 0 Å². The molecule has 0 radical (unpaired) electrons. The first kappa shape index (κ1) is 16.6. The number of nitrogens with one attached hydrogen (secondary N) is 1. The van der Waals surface area contributed by atoms with E-state index in [9.17, 15) is 0 Å². The van der Waals surface area contributed by atoms with Crippen molar-refractivity contribution < 1.29 is 0 Å². The highest BCUT2D eigenvalue weighted by Gasteiger charge is 2.45. The predicted molar refractivity (Wildman–Crippen MR) is 100 cm³/mol. The van der Waals surface area contributed by atoms with Gasteiger partial charge < -0.3 is 14.8 Å². The summed E-state index contributed by atoms with van der Waals surface area (Å²) < 4.78 is 2.15. The average molecular weight is 324 g/mol. The number of benzene rings is 1. The van der Waals surface area contributed by atoms with E-state index in [4.69, 9.17) is 0 Å². The molecule has 24 heavy (non-hydrogen) atoms. The molecule has 0 unspecified atom stereocenters. The van der Waals surface area contributed by atoms with Gasteiger partial charge in [-0.15, -0.1) is 0 Å². The molecule has 4 nitrogen and oxygen atoms in total. The highest BCUT2D eigenvalue weighted by molar-refractivity contribution is 5.79. The average Bonchev–Trinajstić information content (AvgIpc) is 3.25. The van der Waals surface area contributed by atoms with Gasteiger partial charge in [0, 0.05) is 45.0 Å². The molecule has 1 aromatic heterocycles. The van der Waals surface area contributed by atoms with Gasteiger partial charge in [0.25, 0.3) is 0 Å². The summed E-state index contributed by atoms with van der Waals surface area (Å²) in [5.74, 6) is 0.955. The zero-order valence-corrected chi connectivity index (χ0v) is 15.2. The Morgan fingerprint density at radius 3 is 2.58 bits per heavy atom. The van der Waals surface area contributed by atoms with Crippen molar-refractivity contribution in [2.24, 2.45) is 12.0 Å². The number of nitrogens with zero attached hydrogens (tertiary/aromatic N) is 3. The van der Waals surface area contributed by atoms with E-state index in [1.807, 2.05) is 7.05 Å². The lowest BCUT2D eigenvalue weighted by Gasteiger charge is -2.25. The van der Waals surface area contributed by atoms with Crippen molar-refractivity contribution >= 4 is 5.96 Å². The summed E-state index contributed by atoms with van der Waals surface area (Å²) in [6, 6.07) is 13.0. The van der Waals surface area contributed by atoms with Gasteiger partial charge in [-0.05, 0) is 43.0 Å². The monoisotopic (exact) mass is 324 g/mol. The number of rotatable bonds is 5. The molecule has 3 rings (SSSR count). The molecule has 0 bridgehead atoms. The Hall–Kier alpha value is -2.23. The van der Waals surface area contributed by atoms with Gasteiger partial charge in [-0.3, -0.25) is 4.99 Å². The Morgan fingerprint density at radius 1 is 1.25 bits per heavy atom. The summed E-state index contributed by atoms with van der Waals surface area (Å²) in [6.07, 6.45) is 4.59. The smallest absolute Gasteiger partial charge is 0.193 e. The Morgan fingerprint density at radius 2 is 2.00 bits per heavy atom. The SMILES string of the molecule is CN=C(NCC1(c2ccccc2C)CC1)N(C)Cc1cccn1C. The second kappa shape index (κ2) is 6.71. The number of aryl methyl sites for hydroxylation is 2. The first-order valence-corrected chi connectivity index (χ1v) is 8.64. The van der Waals surface area contributed by atoms with Crippen molar-refractivity contribution in [1.29, 1.82) is 0 Å². The maximum atomic E-state index is 4.47. The number of guanidine groups is 1. The predicted octanol–water partition coefficient (Wildman–Crippen LogP) is 3.07. The summed E-state index contributed by atoms with van der Waals surface area (Å²) in [7, 11) is 6.03. The van der Waals surface area contributed by atoms with Gasteiger partial charge in [-0.1, -0.05) is 24.3 Å². The molecule has 0 saturated heterocycles. The molecule has 2 aromatic rings. The Bertz CT molecular complexity index is 725.